The molecule has 0 bridgehead atoms. The summed E-state index contributed by atoms with van der Waals surface area (Å²) >= 11 is 0. The van der Waals surface area contributed by atoms with Crippen LogP contribution in [0.5, 0.6) is 0 Å². The maximum absolute atomic E-state index is 6.31. The Morgan fingerprint density at radius 3 is 2.24 bits per heavy atom. The first-order valence-electron chi connectivity index (χ1n) is 6.58. The van der Waals surface area contributed by atoms with Crippen LogP contribution in [0.3, 0.4) is 0 Å². The summed E-state index contributed by atoms with van der Waals surface area (Å²) in [5.74, 6) is 0.641. The van der Waals surface area contributed by atoms with Gasteiger partial charge in [0, 0.05) is 6.04 Å². The smallest absolute Gasteiger partial charge is 0.0300 e. The van der Waals surface area contributed by atoms with E-state index in [0.717, 1.165) is 6.42 Å². The summed E-state index contributed by atoms with van der Waals surface area (Å²) in [5, 5.41) is 0. The Bertz CT molecular complexity index is 372. The van der Waals surface area contributed by atoms with E-state index in [1.807, 2.05) is 0 Å². The van der Waals surface area contributed by atoms with Crippen molar-refractivity contribution in [3.63, 3.8) is 0 Å². The van der Waals surface area contributed by atoms with E-state index in [0.29, 0.717) is 5.92 Å². The van der Waals surface area contributed by atoms with Gasteiger partial charge in [-0.3, -0.25) is 0 Å². The van der Waals surface area contributed by atoms with Crippen LogP contribution in [0.2, 0.25) is 0 Å². The molecule has 0 aliphatic heterocycles. The van der Waals surface area contributed by atoms with Crippen LogP contribution in [-0.4, -0.2) is 0 Å². The lowest BCUT2D eigenvalue weighted by molar-refractivity contribution is 0.506. The molecule has 17 heavy (non-hydrogen) atoms. The number of aryl methyl sites for hydroxylation is 1. The second-order valence-corrected chi connectivity index (χ2v) is 6.56. The average Bonchev–Trinajstić information content (AvgIpc) is 2.15. The van der Waals surface area contributed by atoms with E-state index in [9.17, 15) is 0 Å². The molecule has 0 spiro atoms. The topological polar surface area (TPSA) is 26.0 Å². The third-order valence-electron chi connectivity index (χ3n) is 3.27. The van der Waals surface area contributed by atoms with Crippen molar-refractivity contribution in [2.45, 2.75) is 59.4 Å². The number of nitrogens with two attached hydrogens (primary N) is 1. The number of benzene rings is 1. The maximum atomic E-state index is 6.31. The Balaban J connectivity index is 3.06. The molecule has 0 amide bonds. The highest BCUT2D eigenvalue weighted by Crippen LogP contribution is 2.28. The Kier molecular flexibility index (Phi) is 4.37. The molecule has 2 N–H and O–H groups in total. The third-order valence-corrected chi connectivity index (χ3v) is 3.27. The molecule has 0 aromatic heterocycles. The minimum absolute atomic E-state index is 0.164. The van der Waals surface area contributed by atoms with Crippen molar-refractivity contribution in [1.29, 1.82) is 0 Å². The van der Waals surface area contributed by atoms with E-state index in [2.05, 4.69) is 59.7 Å². The largest absolute Gasteiger partial charge is 0.324 e. The van der Waals surface area contributed by atoms with Crippen molar-refractivity contribution in [3.05, 3.63) is 34.9 Å². The second-order valence-electron chi connectivity index (χ2n) is 6.56. The lowest BCUT2D eigenvalue weighted by Crippen LogP contribution is -2.17. The molecule has 0 saturated carbocycles. The van der Waals surface area contributed by atoms with Crippen LogP contribution < -0.4 is 5.73 Å². The third kappa shape index (κ3) is 3.85. The summed E-state index contributed by atoms with van der Waals surface area (Å²) in [5.41, 5.74) is 10.5. The monoisotopic (exact) mass is 233 g/mol. The van der Waals surface area contributed by atoms with Gasteiger partial charge in [0.15, 0.2) is 0 Å². The summed E-state index contributed by atoms with van der Waals surface area (Å²) in [4.78, 5) is 0. The fraction of sp³-hybridized carbons (Fsp3) is 0.625. The van der Waals surface area contributed by atoms with Crippen molar-refractivity contribution in [2.24, 2.45) is 11.7 Å². The molecule has 1 atom stereocenters. The molecule has 1 nitrogen and oxygen atoms in total. The first-order chi connectivity index (χ1) is 7.71. The zero-order valence-corrected chi connectivity index (χ0v) is 12.2. The normalized spacial score (nSPS) is 14.1. The first-order valence-corrected chi connectivity index (χ1v) is 6.58. The zero-order valence-electron chi connectivity index (χ0n) is 12.2. The van der Waals surface area contributed by atoms with Crippen molar-refractivity contribution in [3.8, 4) is 0 Å². The molecule has 1 rings (SSSR count). The summed E-state index contributed by atoms with van der Waals surface area (Å²) in [7, 11) is 0. The maximum Gasteiger partial charge on any atom is 0.0300 e. The Labute approximate surface area is 106 Å². The molecule has 1 heteroatoms. The summed E-state index contributed by atoms with van der Waals surface area (Å²) in [6, 6.07) is 6.89. The first kappa shape index (κ1) is 14.2. The summed E-state index contributed by atoms with van der Waals surface area (Å²) in [6.45, 7) is 13.3. The molecule has 1 aromatic rings. The van der Waals surface area contributed by atoms with Gasteiger partial charge in [-0.15, -0.1) is 0 Å². The van der Waals surface area contributed by atoms with Gasteiger partial charge in [0.25, 0.3) is 0 Å². The van der Waals surface area contributed by atoms with E-state index in [-0.39, 0.29) is 11.5 Å². The van der Waals surface area contributed by atoms with Crippen LogP contribution in [0.4, 0.5) is 0 Å². The van der Waals surface area contributed by atoms with Gasteiger partial charge in [-0.05, 0) is 41.4 Å². The van der Waals surface area contributed by atoms with Crippen molar-refractivity contribution in [1.82, 2.24) is 0 Å². The van der Waals surface area contributed by atoms with Crippen LogP contribution in [0.1, 0.15) is 63.8 Å². The Hall–Kier alpha value is -0.820. The summed E-state index contributed by atoms with van der Waals surface area (Å²) < 4.78 is 0. The molecule has 1 unspecified atom stereocenters. The van der Waals surface area contributed by atoms with Crippen molar-refractivity contribution >= 4 is 0 Å². The quantitative estimate of drug-likeness (QED) is 0.825. The van der Waals surface area contributed by atoms with Crippen LogP contribution in [0, 0.1) is 12.8 Å². The number of rotatable bonds is 3. The predicted molar refractivity (Wildman–Crippen MR) is 76.3 cm³/mol. The van der Waals surface area contributed by atoms with Gasteiger partial charge in [0.1, 0.15) is 0 Å². The molecule has 0 radical (unpaired) electrons. The Morgan fingerprint density at radius 1 is 1.18 bits per heavy atom. The SMILES string of the molecule is Cc1ccc(C(C)(C)C)cc1C(N)CC(C)C. The fourth-order valence-corrected chi connectivity index (χ4v) is 2.14. The average molecular weight is 233 g/mol. The highest BCUT2D eigenvalue weighted by Gasteiger charge is 2.17. The minimum atomic E-state index is 0.164. The molecule has 0 aliphatic rings. The molecular formula is C16H27N. The van der Waals surface area contributed by atoms with Crippen LogP contribution >= 0.6 is 0 Å². The highest BCUT2D eigenvalue weighted by atomic mass is 14.6. The second kappa shape index (κ2) is 5.22. The van der Waals surface area contributed by atoms with Gasteiger partial charge in [0.2, 0.25) is 0 Å². The van der Waals surface area contributed by atoms with Gasteiger partial charge in [-0.1, -0.05) is 52.8 Å². The van der Waals surface area contributed by atoms with E-state index >= 15 is 0 Å². The van der Waals surface area contributed by atoms with Gasteiger partial charge in [0.05, 0.1) is 0 Å². The van der Waals surface area contributed by atoms with E-state index in [1.165, 1.54) is 16.7 Å². The molecule has 0 saturated heterocycles. The number of hydrogen-bond donors (Lipinski definition) is 1. The van der Waals surface area contributed by atoms with Gasteiger partial charge >= 0.3 is 0 Å². The lowest BCUT2D eigenvalue weighted by atomic mass is 9.83. The molecule has 96 valence electrons. The van der Waals surface area contributed by atoms with Crippen LogP contribution in [-0.2, 0) is 5.41 Å². The predicted octanol–water partition coefficient (Wildman–Crippen LogP) is 4.34. The molecule has 0 fully saturated rings. The van der Waals surface area contributed by atoms with Gasteiger partial charge in [-0.25, -0.2) is 0 Å². The van der Waals surface area contributed by atoms with Gasteiger partial charge < -0.3 is 5.73 Å². The molecule has 0 heterocycles. The van der Waals surface area contributed by atoms with Crippen LogP contribution in [0.15, 0.2) is 18.2 Å². The van der Waals surface area contributed by atoms with Gasteiger partial charge in [-0.2, -0.15) is 0 Å². The van der Waals surface area contributed by atoms with E-state index < -0.39 is 0 Å². The Morgan fingerprint density at radius 2 is 1.76 bits per heavy atom. The van der Waals surface area contributed by atoms with Crippen LogP contribution in [0.25, 0.3) is 0 Å². The van der Waals surface area contributed by atoms with E-state index in [1.54, 1.807) is 0 Å². The van der Waals surface area contributed by atoms with E-state index in [4.69, 9.17) is 5.73 Å². The number of hydrogen-bond acceptors (Lipinski definition) is 1. The molecule has 1 aromatic carbocycles. The fourth-order valence-electron chi connectivity index (χ4n) is 2.14. The highest BCUT2D eigenvalue weighted by molar-refractivity contribution is 5.36. The lowest BCUT2D eigenvalue weighted by Gasteiger charge is -2.23. The standard InChI is InChI=1S/C16H27N/c1-11(2)9-15(17)14-10-13(16(4,5)6)8-7-12(14)3/h7-8,10-11,15H,9,17H2,1-6H3. The van der Waals surface area contributed by atoms with Crippen molar-refractivity contribution in [2.75, 3.05) is 0 Å². The zero-order chi connectivity index (χ0) is 13.2. The summed E-state index contributed by atoms with van der Waals surface area (Å²) in [6.07, 6.45) is 1.05. The minimum Gasteiger partial charge on any atom is -0.324 e. The molecular weight excluding hydrogens is 206 g/mol. The van der Waals surface area contributed by atoms with Crippen molar-refractivity contribution < 1.29 is 0 Å². The molecule has 0 aliphatic carbocycles.